The Morgan fingerprint density at radius 1 is 0.941 bits per heavy atom. The number of aromatic amines is 2. The van der Waals surface area contributed by atoms with Gasteiger partial charge in [-0.25, -0.2) is 10.1 Å². The maximum absolute atomic E-state index is 12.9. The number of unbranched alkanes of at least 4 members (excludes halogenated alkanes) is 1. The molecule has 5 aromatic rings. The molecule has 3 heterocycles. The SMILES string of the molecule is CCCCc1nc2c(CC)n[nH]c(=O)c2n1Cc1ccccc1-c1ccccc1-c1nn[nH]n1. The monoisotopic (exact) mass is 454 g/mol. The Balaban J connectivity index is 1.67. The van der Waals surface area contributed by atoms with Gasteiger partial charge in [0, 0.05) is 12.0 Å². The summed E-state index contributed by atoms with van der Waals surface area (Å²) in [5, 5.41) is 21.5. The number of nitrogens with zero attached hydrogens (tertiary/aromatic N) is 6. The van der Waals surface area contributed by atoms with Crippen molar-refractivity contribution in [3.05, 3.63) is 76.0 Å². The highest BCUT2D eigenvalue weighted by Gasteiger charge is 2.19. The Bertz CT molecular complexity index is 1480. The van der Waals surface area contributed by atoms with E-state index in [2.05, 4.69) is 60.5 Å². The van der Waals surface area contributed by atoms with Crippen LogP contribution in [0.5, 0.6) is 0 Å². The van der Waals surface area contributed by atoms with Crippen molar-refractivity contribution >= 4 is 11.0 Å². The largest absolute Gasteiger partial charge is 0.319 e. The number of fused-ring (bicyclic) bond motifs is 1. The summed E-state index contributed by atoms with van der Waals surface area (Å²) in [6.45, 7) is 4.69. The lowest BCUT2D eigenvalue weighted by Gasteiger charge is -2.15. The van der Waals surface area contributed by atoms with Crippen LogP contribution in [0, 0.1) is 0 Å². The van der Waals surface area contributed by atoms with Crippen LogP contribution >= 0.6 is 0 Å². The highest BCUT2D eigenvalue weighted by molar-refractivity contribution is 5.82. The fourth-order valence-corrected chi connectivity index (χ4v) is 4.38. The van der Waals surface area contributed by atoms with Gasteiger partial charge in [0.15, 0.2) is 0 Å². The molecular weight excluding hydrogens is 428 g/mol. The van der Waals surface area contributed by atoms with Crippen molar-refractivity contribution in [1.29, 1.82) is 0 Å². The molecule has 2 aromatic carbocycles. The predicted octanol–water partition coefficient (Wildman–Crippen LogP) is 3.92. The van der Waals surface area contributed by atoms with Crippen molar-refractivity contribution < 1.29 is 0 Å². The van der Waals surface area contributed by atoms with Crippen LogP contribution < -0.4 is 5.56 Å². The van der Waals surface area contributed by atoms with Gasteiger partial charge in [-0.2, -0.15) is 10.3 Å². The highest BCUT2D eigenvalue weighted by Crippen LogP contribution is 2.33. The quantitative estimate of drug-likeness (QED) is 0.367. The molecule has 9 heteroatoms. The minimum atomic E-state index is -0.216. The molecule has 0 fully saturated rings. The number of aryl methyl sites for hydroxylation is 2. The smallest absolute Gasteiger partial charge is 0.290 e. The molecule has 0 saturated heterocycles. The Labute approximate surface area is 196 Å². The van der Waals surface area contributed by atoms with Crippen molar-refractivity contribution in [3.8, 4) is 22.5 Å². The van der Waals surface area contributed by atoms with E-state index in [4.69, 9.17) is 4.98 Å². The molecule has 34 heavy (non-hydrogen) atoms. The molecular formula is C25H26N8O. The average molecular weight is 455 g/mol. The second-order valence-corrected chi connectivity index (χ2v) is 8.21. The standard InChI is InChI=1S/C25H26N8O/c1-3-5-14-21-26-22-20(4-2)27-30-25(34)23(22)33(21)15-16-10-6-7-11-17(16)18-12-8-9-13-19(18)24-28-31-32-29-24/h6-13H,3-5,14-15H2,1-2H3,(H,30,34)(H,28,29,31,32). The highest BCUT2D eigenvalue weighted by atomic mass is 16.1. The van der Waals surface area contributed by atoms with Gasteiger partial charge in [-0.15, -0.1) is 10.2 Å². The topological polar surface area (TPSA) is 118 Å². The number of rotatable bonds is 8. The summed E-state index contributed by atoms with van der Waals surface area (Å²) in [5.41, 5.74) is 5.89. The number of aromatic nitrogens is 8. The molecule has 0 aliphatic heterocycles. The Hall–Kier alpha value is -4.14. The van der Waals surface area contributed by atoms with E-state index in [-0.39, 0.29) is 5.56 Å². The van der Waals surface area contributed by atoms with E-state index < -0.39 is 0 Å². The van der Waals surface area contributed by atoms with Gasteiger partial charge in [0.05, 0.1) is 12.2 Å². The molecule has 9 nitrogen and oxygen atoms in total. The first kappa shape index (κ1) is 21.7. The van der Waals surface area contributed by atoms with E-state index >= 15 is 0 Å². The van der Waals surface area contributed by atoms with Crippen LogP contribution in [0.1, 0.15) is 43.8 Å². The van der Waals surface area contributed by atoms with E-state index in [0.717, 1.165) is 53.0 Å². The molecule has 0 radical (unpaired) electrons. The van der Waals surface area contributed by atoms with E-state index in [9.17, 15) is 4.79 Å². The first-order valence-electron chi connectivity index (χ1n) is 11.6. The number of tetrazole rings is 1. The summed E-state index contributed by atoms with van der Waals surface area (Å²) < 4.78 is 2.06. The fraction of sp³-hybridized carbons (Fsp3) is 0.280. The minimum Gasteiger partial charge on any atom is -0.319 e. The predicted molar refractivity (Wildman–Crippen MR) is 130 cm³/mol. The van der Waals surface area contributed by atoms with E-state index in [1.807, 2.05) is 37.3 Å². The van der Waals surface area contributed by atoms with Crippen molar-refractivity contribution in [2.45, 2.75) is 46.1 Å². The maximum atomic E-state index is 12.9. The molecule has 172 valence electrons. The molecule has 0 unspecified atom stereocenters. The van der Waals surface area contributed by atoms with Crippen LogP contribution in [0.25, 0.3) is 33.5 Å². The van der Waals surface area contributed by atoms with Gasteiger partial charge in [-0.3, -0.25) is 4.79 Å². The third-order valence-corrected chi connectivity index (χ3v) is 6.07. The lowest BCUT2D eigenvalue weighted by molar-refractivity contribution is 0.689. The summed E-state index contributed by atoms with van der Waals surface area (Å²) in [7, 11) is 0. The summed E-state index contributed by atoms with van der Waals surface area (Å²) in [4.78, 5) is 17.8. The molecule has 5 rings (SSSR count). The van der Waals surface area contributed by atoms with Crippen LogP contribution in [0.2, 0.25) is 0 Å². The zero-order chi connectivity index (χ0) is 23.5. The number of hydrogen-bond acceptors (Lipinski definition) is 6. The van der Waals surface area contributed by atoms with E-state index in [0.29, 0.717) is 29.8 Å². The fourth-order valence-electron chi connectivity index (χ4n) is 4.38. The van der Waals surface area contributed by atoms with E-state index in [1.54, 1.807) is 0 Å². The number of nitrogens with one attached hydrogen (secondary N) is 2. The number of H-pyrrole nitrogens is 2. The first-order valence-corrected chi connectivity index (χ1v) is 11.6. The molecule has 0 bridgehead atoms. The zero-order valence-corrected chi connectivity index (χ0v) is 19.2. The summed E-state index contributed by atoms with van der Waals surface area (Å²) >= 11 is 0. The van der Waals surface area contributed by atoms with Crippen molar-refractivity contribution in [3.63, 3.8) is 0 Å². The van der Waals surface area contributed by atoms with Crippen molar-refractivity contribution in [2.75, 3.05) is 0 Å². The Morgan fingerprint density at radius 2 is 1.71 bits per heavy atom. The Kier molecular flexibility index (Phi) is 5.99. The van der Waals surface area contributed by atoms with E-state index in [1.165, 1.54) is 0 Å². The minimum absolute atomic E-state index is 0.216. The zero-order valence-electron chi connectivity index (χ0n) is 19.2. The molecule has 0 aliphatic rings. The second-order valence-electron chi connectivity index (χ2n) is 8.21. The van der Waals surface area contributed by atoms with Crippen LogP contribution in [0.4, 0.5) is 0 Å². The second kappa shape index (κ2) is 9.38. The lowest BCUT2D eigenvalue weighted by atomic mass is 9.95. The average Bonchev–Trinajstić information content (AvgIpc) is 3.53. The summed E-state index contributed by atoms with van der Waals surface area (Å²) in [5.74, 6) is 1.45. The number of imidazole rings is 1. The number of hydrogen-bond donors (Lipinski definition) is 2. The molecule has 0 aliphatic carbocycles. The normalized spacial score (nSPS) is 11.4. The van der Waals surface area contributed by atoms with Gasteiger partial charge in [0.1, 0.15) is 16.9 Å². The van der Waals surface area contributed by atoms with Gasteiger partial charge in [-0.05, 0) is 34.7 Å². The van der Waals surface area contributed by atoms with Gasteiger partial charge in [-0.1, -0.05) is 68.8 Å². The maximum Gasteiger partial charge on any atom is 0.290 e. The van der Waals surface area contributed by atoms with Gasteiger partial charge in [0.2, 0.25) is 5.82 Å². The van der Waals surface area contributed by atoms with Crippen molar-refractivity contribution in [1.82, 2.24) is 40.4 Å². The summed E-state index contributed by atoms with van der Waals surface area (Å²) in [6, 6.07) is 16.2. The molecule has 0 spiro atoms. The lowest BCUT2D eigenvalue weighted by Crippen LogP contribution is -2.16. The van der Waals surface area contributed by atoms with Gasteiger partial charge < -0.3 is 4.57 Å². The van der Waals surface area contributed by atoms with Crippen LogP contribution in [0.15, 0.2) is 53.3 Å². The molecule has 0 saturated carbocycles. The first-order chi connectivity index (χ1) is 16.7. The Morgan fingerprint density at radius 3 is 2.44 bits per heavy atom. The van der Waals surface area contributed by atoms with Gasteiger partial charge >= 0.3 is 0 Å². The molecule has 2 N–H and O–H groups in total. The summed E-state index contributed by atoms with van der Waals surface area (Å²) in [6.07, 6.45) is 3.55. The van der Waals surface area contributed by atoms with Crippen molar-refractivity contribution in [2.24, 2.45) is 0 Å². The molecule has 3 aromatic heterocycles. The van der Waals surface area contributed by atoms with Crippen LogP contribution in [0.3, 0.4) is 0 Å². The third kappa shape index (κ3) is 3.89. The molecule has 0 atom stereocenters. The third-order valence-electron chi connectivity index (χ3n) is 6.07. The molecule has 0 amide bonds. The van der Waals surface area contributed by atoms with Gasteiger partial charge in [0.25, 0.3) is 5.56 Å². The van der Waals surface area contributed by atoms with Crippen LogP contribution in [-0.2, 0) is 19.4 Å². The number of benzene rings is 2. The van der Waals surface area contributed by atoms with Crippen LogP contribution in [-0.4, -0.2) is 40.4 Å².